The van der Waals surface area contributed by atoms with Crippen molar-refractivity contribution in [2.45, 2.75) is 137 Å². The Balaban J connectivity index is 0.00000291. The molecule has 1 aromatic rings. The van der Waals surface area contributed by atoms with Crippen LogP contribution in [-0.2, 0) is 33.5 Å². The second-order valence-corrected chi connectivity index (χ2v) is 18.4. The largest absolute Gasteiger partial charge is 0.434 e. The Morgan fingerprint density at radius 3 is 1.98 bits per heavy atom. The number of likely N-dealkylation sites (N-methyl/N-ethyl adjacent to an activating group) is 1. The molecule has 2 saturated carbocycles. The van der Waals surface area contributed by atoms with Crippen molar-refractivity contribution in [2.24, 2.45) is 34.5 Å². The number of rotatable bonds is 16. The van der Waals surface area contributed by atoms with E-state index in [0.717, 1.165) is 12.8 Å². The van der Waals surface area contributed by atoms with Gasteiger partial charge in [0.15, 0.2) is 11.6 Å². The van der Waals surface area contributed by atoms with Gasteiger partial charge < -0.3 is 25.2 Å². The number of benzene rings is 1. The molecular weight excluding hydrogens is 757 g/mol. The van der Waals surface area contributed by atoms with E-state index in [1.54, 1.807) is 65.2 Å². The zero-order valence-corrected chi connectivity index (χ0v) is 35.9. The molecule has 1 aromatic carbocycles. The van der Waals surface area contributed by atoms with Gasteiger partial charge in [-0.25, -0.2) is 4.79 Å². The smallest absolute Gasteiger partial charge is 0.427 e. The van der Waals surface area contributed by atoms with E-state index in [1.165, 1.54) is 16.2 Å². The number of ether oxygens (including phenoxy) is 1. The van der Waals surface area contributed by atoms with E-state index in [4.69, 9.17) is 4.74 Å². The lowest BCUT2D eigenvalue weighted by molar-refractivity contribution is -0.244. The standard InChI is InChI=1S/C40H55F3N4O8.C3H8/c1-37(2,3)33(45-36(54)55-39(6,7)40(41,42)43)35(53)47-21-25-29(38(25,4)5)31(47)27(49)20-24(19-22-15-16-22)32(51)26(48)17-18-28(50)44-30(34(52)46(8)9)23-13-11-10-12-14-23;1-3-2/h10-14,22,24-25,29-31,33H,15-21H2,1-9H3,(H,44,50)(H,45,54);3H2,1-2H3/t24?,25?,29-,30-,31?,33?;/m0./s1. The fraction of sp³-hybridized carbons (Fsp3) is 0.698. The lowest BCUT2D eigenvalue weighted by Gasteiger charge is -2.38. The molecule has 3 aliphatic rings. The van der Waals surface area contributed by atoms with Crippen LogP contribution < -0.4 is 10.6 Å². The number of carbonyl (C=O) groups is 7. The summed E-state index contributed by atoms with van der Waals surface area (Å²) in [6.07, 6.45) is -4.20. The van der Waals surface area contributed by atoms with E-state index in [9.17, 15) is 46.7 Å². The Bertz CT molecular complexity index is 1680. The van der Waals surface area contributed by atoms with Gasteiger partial charge in [0.05, 0.1) is 6.04 Å². The summed E-state index contributed by atoms with van der Waals surface area (Å²) in [6, 6.07) is 5.28. The number of hydrogen-bond donors (Lipinski definition) is 2. The Hall–Kier alpha value is -4.30. The summed E-state index contributed by atoms with van der Waals surface area (Å²) in [4.78, 5) is 96.7. The fourth-order valence-corrected chi connectivity index (χ4v) is 7.54. The van der Waals surface area contributed by atoms with Gasteiger partial charge in [0, 0.05) is 45.8 Å². The zero-order chi connectivity index (χ0) is 44.1. The maximum Gasteiger partial charge on any atom is 0.427 e. The summed E-state index contributed by atoms with van der Waals surface area (Å²) < 4.78 is 45.1. The first-order valence-electron chi connectivity index (χ1n) is 20.2. The summed E-state index contributed by atoms with van der Waals surface area (Å²) >= 11 is 0. The SMILES string of the molecule is CCC.CN(C)C(=O)[C@@H](NC(=O)CCC(=O)C(=O)C(CC(=O)C1[C@@H]2C(CN1C(=O)C(NC(=O)OC(C)(C)C(F)(F)F)C(C)(C)C)C2(C)C)CC1CC1)c1ccccc1. The highest BCUT2D eigenvalue weighted by Crippen LogP contribution is 2.65. The van der Waals surface area contributed by atoms with Crippen molar-refractivity contribution >= 4 is 41.2 Å². The lowest BCUT2D eigenvalue weighted by Crippen LogP contribution is -2.59. The predicted molar refractivity (Wildman–Crippen MR) is 211 cm³/mol. The molecule has 2 aliphatic carbocycles. The quantitative estimate of drug-likeness (QED) is 0.177. The van der Waals surface area contributed by atoms with Crippen LogP contribution in [0, 0.1) is 34.5 Å². The molecule has 3 fully saturated rings. The van der Waals surface area contributed by atoms with E-state index in [1.807, 2.05) is 13.8 Å². The molecule has 324 valence electrons. The highest BCUT2D eigenvalue weighted by molar-refractivity contribution is 6.38. The number of ketones is 3. The summed E-state index contributed by atoms with van der Waals surface area (Å²) in [5.74, 6) is -4.81. The predicted octanol–water partition coefficient (Wildman–Crippen LogP) is 6.61. The molecule has 4 unspecified atom stereocenters. The lowest BCUT2D eigenvalue weighted by atomic mass is 9.83. The van der Waals surface area contributed by atoms with Gasteiger partial charge in [-0.1, -0.05) is 98.1 Å². The number of piperidine rings is 1. The van der Waals surface area contributed by atoms with E-state index in [-0.39, 0.29) is 48.5 Å². The van der Waals surface area contributed by atoms with Crippen LogP contribution in [0.2, 0.25) is 0 Å². The molecule has 4 amide bonds. The Morgan fingerprint density at radius 1 is 0.914 bits per heavy atom. The summed E-state index contributed by atoms with van der Waals surface area (Å²) in [7, 11) is 3.11. The van der Waals surface area contributed by atoms with Crippen LogP contribution in [0.1, 0.15) is 119 Å². The minimum absolute atomic E-state index is 0.0704. The number of likely N-dealkylation sites (tertiary alicyclic amines) is 1. The molecular formula is C43H63F3N4O8. The van der Waals surface area contributed by atoms with Gasteiger partial charge in [-0.3, -0.25) is 28.8 Å². The van der Waals surface area contributed by atoms with Crippen molar-refractivity contribution in [3.8, 4) is 0 Å². The normalized spacial score (nSPS) is 21.2. The Kier molecular flexibility index (Phi) is 15.5. The molecule has 0 bridgehead atoms. The van der Waals surface area contributed by atoms with Gasteiger partial charge in [0.1, 0.15) is 12.1 Å². The number of nitrogens with one attached hydrogen (secondary N) is 2. The number of amides is 4. The average molecular weight is 821 g/mol. The summed E-state index contributed by atoms with van der Waals surface area (Å²) in [6.45, 7) is 14.6. The van der Waals surface area contributed by atoms with E-state index in [2.05, 4.69) is 24.5 Å². The molecule has 2 N–H and O–H groups in total. The molecule has 0 radical (unpaired) electrons. The van der Waals surface area contributed by atoms with Gasteiger partial charge in [-0.05, 0) is 54.4 Å². The van der Waals surface area contributed by atoms with Crippen molar-refractivity contribution in [2.75, 3.05) is 20.6 Å². The number of carbonyl (C=O) groups excluding carboxylic acids is 7. The molecule has 6 atom stereocenters. The molecule has 58 heavy (non-hydrogen) atoms. The van der Waals surface area contributed by atoms with E-state index < -0.39 is 82.9 Å². The molecule has 1 saturated heterocycles. The van der Waals surface area contributed by atoms with Gasteiger partial charge in [0.25, 0.3) is 0 Å². The van der Waals surface area contributed by atoms with Gasteiger partial charge in [-0.2, -0.15) is 13.2 Å². The van der Waals surface area contributed by atoms with Crippen LogP contribution in [0.4, 0.5) is 18.0 Å². The van der Waals surface area contributed by atoms with Crippen LogP contribution in [-0.4, -0.2) is 95.5 Å². The third-order valence-corrected chi connectivity index (χ3v) is 11.3. The average Bonchev–Trinajstić information content (AvgIpc) is 3.97. The first-order chi connectivity index (χ1) is 26.7. The number of fused-ring (bicyclic) bond motifs is 1. The third kappa shape index (κ3) is 11.9. The van der Waals surface area contributed by atoms with Gasteiger partial charge in [0.2, 0.25) is 29.1 Å². The minimum atomic E-state index is -4.87. The molecule has 4 rings (SSSR count). The number of halogens is 3. The number of Topliss-reactive ketones (excluding diaryl/α,β-unsaturated/α-hetero) is 3. The van der Waals surface area contributed by atoms with Crippen molar-refractivity contribution in [3.63, 3.8) is 0 Å². The van der Waals surface area contributed by atoms with Crippen molar-refractivity contribution in [3.05, 3.63) is 35.9 Å². The maximum absolute atomic E-state index is 14.3. The Morgan fingerprint density at radius 2 is 1.48 bits per heavy atom. The van der Waals surface area contributed by atoms with Crippen molar-refractivity contribution in [1.29, 1.82) is 0 Å². The second-order valence-electron chi connectivity index (χ2n) is 18.4. The summed E-state index contributed by atoms with van der Waals surface area (Å²) in [5.41, 5.74) is -3.60. The Labute approximate surface area is 340 Å². The van der Waals surface area contributed by atoms with Crippen molar-refractivity contribution < 1.29 is 51.5 Å². The number of hydrogen-bond acceptors (Lipinski definition) is 8. The second kappa shape index (κ2) is 18.7. The molecule has 1 heterocycles. The number of alkyl halides is 3. The first-order valence-corrected chi connectivity index (χ1v) is 20.2. The number of alkyl carbamates (subject to hydrolysis) is 1. The highest BCUT2D eigenvalue weighted by atomic mass is 19.4. The number of nitrogens with zero attached hydrogens (tertiary/aromatic N) is 2. The summed E-state index contributed by atoms with van der Waals surface area (Å²) in [5, 5.41) is 4.98. The molecule has 15 heteroatoms. The van der Waals surface area contributed by atoms with Crippen molar-refractivity contribution in [1.82, 2.24) is 20.4 Å². The van der Waals surface area contributed by atoms with Gasteiger partial charge in [-0.15, -0.1) is 0 Å². The van der Waals surface area contributed by atoms with E-state index >= 15 is 0 Å². The van der Waals surface area contributed by atoms with Crippen LogP contribution in [0.15, 0.2) is 30.3 Å². The minimum Gasteiger partial charge on any atom is -0.434 e. The van der Waals surface area contributed by atoms with Crippen LogP contribution in [0.3, 0.4) is 0 Å². The highest BCUT2D eigenvalue weighted by Gasteiger charge is 2.69. The van der Waals surface area contributed by atoms with E-state index in [0.29, 0.717) is 25.8 Å². The molecule has 12 nitrogen and oxygen atoms in total. The van der Waals surface area contributed by atoms with Crippen LogP contribution in [0.5, 0.6) is 0 Å². The molecule has 0 aromatic heterocycles. The molecule has 1 aliphatic heterocycles. The van der Waals surface area contributed by atoms with Crippen LogP contribution in [0.25, 0.3) is 0 Å². The zero-order valence-electron chi connectivity index (χ0n) is 35.9. The molecule has 0 spiro atoms. The topological polar surface area (TPSA) is 159 Å². The third-order valence-electron chi connectivity index (χ3n) is 11.3. The maximum atomic E-state index is 14.3. The van der Waals surface area contributed by atoms with Gasteiger partial charge >= 0.3 is 12.3 Å². The first kappa shape index (κ1) is 48.1. The fourth-order valence-electron chi connectivity index (χ4n) is 7.54. The van der Waals surface area contributed by atoms with Crippen LogP contribution >= 0.6 is 0 Å². The monoisotopic (exact) mass is 820 g/mol.